The van der Waals surface area contributed by atoms with Crippen LogP contribution in [0.3, 0.4) is 0 Å². The first kappa shape index (κ1) is 14.2. The lowest BCUT2D eigenvalue weighted by Crippen LogP contribution is -2.42. The van der Waals surface area contributed by atoms with Gasteiger partial charge in [0.05, 0.1) is 0 Å². The molecule has 2 aromatic rings. The Kier molecular flexibility index (Phi) is 3.74. The maximum Gasteiger partial charge on any atom is 0.258 e. The summed E-state index contributed by atoms with van der Waals surface area (Å²) < 4.78 is 0. The molecule has 0 heterocycles. The van der Waals surface area contributed by atoms with Gasteiger partial charge < -0.3 is 10.8 Å². The molecule has 1 saturated carbocycles. The van der Waals surface area contributed by atoms with Crippen LogP contribution in [0, 0.1) is 0 Å². The van der Waals surface area contributed by atoms with Crippen LogP contribution < -0.4 is 5.73 Å². The summed E-state index contributed by atoms with van der Waals surface area (Å²) >= 11 is 1.84. The number of primary amides is 1. The van der Waals surface area contributed by atoms with Crippen molar-refractivity contribution < 1.29 is 9.90 Å². The van der Waals surface area contributed by atoms with Gasteiger partial charge in [-0.3, -0.25) is 4.79 Å². The topological polar surface area (TPSA) is 63.3 Å². The van der Waals surface area contributed by atoms with Crippen molar-refractivity contribution in [1.29, 1.82) is 0 Å². The Labute approximate surface area is 128 Å². The molecule has 3 rings (SSSR count). The summed E-state index contributed by atoms with van der Waals surface area (Å²) in [5, 5.41) is 11.6. The molecule has 0 saturated heterocycles. The van der Waals surface area contributed by atoms with E-state index in [2.05, 4.69) is 0 Å². The summed E-state index contributed by atoms with van der Waals surface area (Å²) in [6.45, 7) is 0. The van der Waals surface area contributed by atoms with Crippen molar-refractivity contribution in [3.63, 3.8) is 0 Å². The van der Waals surface area contributed by atoms with Crippen molar-refractivity contribution in [2.75, 3.05) is 0 Å². The summed E-state index contributed by atoms with van der Waals surface area (Å²) in [6, 6.07) is 16.2. The molecule has 108 valence electrons. The van der Waals surface area contributed by atoms with Crippen molar-refractivity contribution in [2.24, 2.45) is 5.73 Å². The number of nitrogens with two attached hydrogens (primary N) is 1. The van der Waals surface area contributed by atoms with Gasteiger partial charge in [-0.15, -0.1) is 11.8 Å². The van der Waals surface area contributed by atoms with Crippen molar-refractivity contribution in [2.45, 2.75) is 28.6 Å². The smallest absolute Gasteiger partial charge is 0.258 e. The molecular formula is C17H17NO2S. The minimum Gasteiger partial charge on any atom is -0.372 e. The summed E-state index contributed by atoms with van der Waals surface area (Å²) in [5.74, 6) is -0.767. The zero-order chi connectivity index (χ0) is 14.9. The number of hydrogen-bond acceptors (Lipinski definition) is 3. The number of hydrogen-bond donors (Lipinski definition) is 2. The van der Waals surface area contributed by atoms with Crippen LogP contribution >= 0.6 is 11.8 Å². The van der Waals surface area contributed by atoms with Gasteiger partial charge in [0.2, 0.25) is 0 Å². The Morgan fingerprint density at radius 2 is 1.62 bits per heavy atom. The number of thioether (sulfide) groups is 1. The monoisotopic (exact) mass is 299 g/mol. The Morgan fingerprint density at radius 3 is 2.14 bits per heavy atom. The maximum absolute atomic E-state index is 11.9. The highest BCUT2D eigenvalue weighted by Gasteiger charge is 2.38. The van der Waals surface area contributed by atoms with E-state index in [-0.39, 0.29) is 0 Å². The average Bonchev–Trinajstić information content (AvgIpc) is 3.32. The fourth-order valence-corrected chi connectivity index (χ4v) is 3.33. The van der Waals surface area contributed by atoms with Crippen LogP contribution in [-0.2, 0) is 10.4 Å². The quantitative estimate of drug-likeness (QED) is 0.892. The fourth-order valence-electron chi connectivity index (χ4n) is 2.28. The lowest BCUT2D eigenvalue weighted by molar-refractivity contribution is -0.133. The maximum atomic E-state index is 11.9. The third kappa shape index (κ3) is 2.82. The molecular weight excluding hydrogens is 282 g/mol. The molecule has 0 radical (unpaired) electrons. The Balaban J connectivity index is 1.95. The van der Waals surface area contributed by atoms with Crippen molar-refractivity contribution in [3.8, 4) is 0 Å². The molecule has 0 aromatic heterocycles. The van der Waals surface area contributed by atoms with Crippen molar-refractivity contribution >= 4 is 17.7 Å². The van der Waals surface area contributed by atoms with E-state index in [4.69, 9.17) is 5.73 Å². The van der Waals surface area contributed by atoms with Crippen LogP contribution in [0.1, 0.15) is 24.0 Å². The molecule has 4 heteroatoms. The van der Waals surface area contributed by atoms with Crippen LogP contribution in [0.2, 0.25) is 0 Å². The Hall–Kier alpha value is -1.78. The van der Waals surface area contributed by atoms with E-state index in [1.165, 1.54) is 12.8 Å². The number of carbonyl (C=O) groups is 1. The van der Waals surface area contributed by atoms with Gasteiger partial charge in [-0.1, -0.05) is 42.5 Å². The fraction of sp³-hybridized carbons (Fsp3) is 0.235. The molecule has 3 N–H and O–H groups in total. The lowest BCUT2D eigenvalue weighted by Gasteiger charge is -2.25. The van der Waals surface area contributed by atoms with Crippen LogP contribution in [0.5, 0.6) is 0 Å². The first-order valence-corrected chi connectivity index (χ1v) is 7.83. The average molecular weight is 299 g/mol. The third-order valence-corrected chi connectivity index (χ3v) is 5.00. The summed E-state index contributed by atoms with van der Waals surface area (Å²) in [6.07, 6.45) is 2.53. The number of carbonyl (C=O) groups excluding carboxylic acids is 1. The molecule has 1 fully saturated rings. The SMILES string of the molecule is NC(=O)C(O)(c1ccccc1)c1ccc(SC2CC2)cc1. The van der Waals surface area contributed by atoms with Crippen molar-refractivity contribution in [3.05, 3.63) is 65.7 Å². The van der Waals surface area contributed by atoms with E-state index in [0.29, 0.717) is 11.1 Å². The highest BCUT2D eigenvalue weighted by Crippen LogP contribution is 2.39. The summed E-state index contributed by atoms with van der Waals surface area (Å²) in [4.78, 5) is 13.0. The second-order valence-electron chi connectivity index (χ2n) is 5.28. The molecule has 0 bridgehead atoms. The molecule has 1 unspecified atom stereocenters. The van der Waals surface area contributed by atoms with Gasteiger partial charge >= 0.3 is 0 Å². The molecule has 2 aromatic carbocycles. The van der Waals surface area contributed by atoms with Crippen LogP contribution in [0.4, 0.5) is 0 Å². The Bertz CT molecular complexity index is 638. The van der Waals surface area contributed by atoms with E-state index in [9.17, 15) is 9.90 Å². The van der Waals surface area contributed by atoms with Crippen LogP contribution in [0.15, 0.2) is 59.5 Å². The molecule has 21 heavy (non-hydrogen) atoms. The van der Waals surface area contributed by atoms with Gasteiger partial charge in [0.15, 0.2) is 5.60 Å². The standard InChI is InChI=1S/C17H17NO2S/c18-16(19)17(20,12-4-2-1-3-5-12)13-6-8-14(9-7-13)21-15-10-11-15/h1-9,15,20H,10-11H2,(H2,18,19). The molecule has 0 spiro atoms. The van der Waals surface area contributed by atoms with Gasteiger partial charge in [-0.2, -0.15) is 0 Å². The van der Waals surface area contributed by atoms with Gasteiger partial charge in [0, 0.05) is 10.1 Å². The van der Waals surface area contributed by atoms with E-state index < -0.39 is 11.5 Å². The van der Waals surface area contributed by atoms with Gasteiger partial charge in [-0.25, -0.2) is 0 Å². The second-order valence-corrected chi connectivity index (χ2v) is 6.66. The van der Waals surface area contributed by atoms with Crippen LogP contribution in [0.25, 0.3) is 0 Å². The van der Waals surface area contributed by atoms with E-state index in [1.807, 2.05) is 30.0 Å². The zero-order valence-corrected chi connectivity index (χ0v) is 12.3. The number of rotatable bonds is 5. The van der Waals surface area contributed by atoms with E-state index in [1.54, 1.807) is 36.4 Å². The van der Waals surface area contributed by atoms with Crippen molar-refractivity contribution in [1.82, 2.24) is 0 Å². The minimum absolute atomic E-state index is 0.486. The van der Waals surface area contributed by atoms with Gasteiger partial charge in [0.25, 0.3) is 5.91 Å². The predicted molar refractivity (Wildman–Crippen MR) is 84.0 cm³/mol. The summed E-state index contributed by atoms with van der Waals surface area (Å²) in [5.41, 5.74) is 4.67. The molecule has 1 aliphatic carbocycles. The Morgan fingerprint density at radius 1 is 1.05 bits per heavy atom. The van der Waals surface area contributed by atoms with E-state index >= 15 is 0 Å². The first-order valence-electron chi connectivity index (χ1n) is 6.95. The normalized spacial score (nSPS) is 17.2. The molecule has 1 amide bonds. The third-order valence-electron chi connectivity index (χ3n) is 3.65. The minimum atomic E-state index is -1.79. The molecule has 1 aliphatic rings. The zero-order valence-electron chi connectivity index (χ0n) is 11.5. The van der Waals surface area contributed by atoms with Crippen LogP contribution in [-0.4, -0.2) is 16.3 Å². The van der Waals surface area contributed by atoms with Gasteiger partial charge in [-0.05, 0) is 36.1 Å². The molecule has 1 atom stereocenters. The molecule has 3 nitrogen and oxygen atoms in total. The van der Waals surface area contributed by atoms with E-state index in [0.717, 1.165) is 10.1 Å². The first-order chi connectivity index (χ1) is 10.1. The lowest BCUT2D eigenvalue weighted by atomic mass is 9.86. The van der Waals surface area contributed by atoms with Gasteiger partial charge in [0.1, 0.15) is 0 Å². The highest BCUT2D eigenvalue weighted by atomic mass is 32.2. The highest BCUT2D eigenvalue weighted by molar-refractivity contribution is 8.00. The largest absolute Gasteiger partial charge is 0.372 e. The second kappa shape index (κ2) is 5.54. The summed E-state index contributed by atoms with van der Waals surface area (Å²) in [7, 11) is 0. The number of aliphatic hydroxyl groups is 1. The molecule has 0 aliphatic heterocycles. The predicted octanol–water partition coefficient (Wildman–Crippen LogP) is 2.66. The number of benzene rings is 2. The number of amides is 1.